The van der Waals surface area contributed by atoms with Crippen molar-refractivity contribution in [1.29, 1.82) is 0 Å². The van der Waals surface area contributed by atoms with Crippen molar-refractivity contribution in [2.24, 2.45) is 0 Å². The normalized spacial score (nSPS) is 12.6. The predicted molar refractivity (Wildman–Crippen MR) is 125 cm³/mol. The van der Waals surface area contributed by atoms with Crippen LogP contribution in [0.2, 0.25) is 10.0 Å². The molecule has 0 unspecified atom stereocenters. The van der Waals surface area contributed by atoms with Gasteiger partial charge in [0, 0.05) is 10.6 Å². The number of nitrogens with zero attached hydrogens (tertiary/aromatic N) is 1. The Kier molecular flexibility index (Phi) is 6.68. The molecule has 0 saturated carbocycles. The summed E-state index contributed by atoms with van der Waals surface area (Å²) in [6.07, 6.45) is 0.116. The molecule has 0 atom stereocenters. The van der Waals surface area contributed by atoms with Crippen LogP contribution in [0.1, 0.15) is 34.0 Å². The number of ether oxygens (including phenoxy) is 2. The Morgan fingerprint density at radius 1 is 1.00 bits per heavy atom. The fourth-order valence-corrected chi connectivity index (χ4v) is 4.19. The number of fused-ring (bicyclic) bond motifs is 1. The molecular weight excluding hydrogens is 449 g/mol. The van der Waals surface area contributed by atoms with Crippen molar-refractivity contribution in [3.05, 3.63) is 93.0 Å². The molecule has 1 heterocycles. The number of hydrogen-bond acceptors (Lipinski definition) is 4. The van der Waals surface area contributed by atoms with Crippen molar-refractivity contribution >= 4 is 40.8 Å². The Labute approximate surface area is 196 Å². The van der Waals surface area contributed by atoms with Crippen LogP contribution in [-0.4, -0.2) is 18.5 Å². The summed E-state index contributed by atoms with van der Waals surface area (Å²) in [6.45, 7) is 2.70. The van der Waals surface area contributed by atoms with Gasteiger partial charge < -0.3 is 14.4 Å². The van der Waals surface area contributed by atoms with E-state index in [1.54, 1.807) is 42.2 Å². The molecule has 1 amide bonds. The van der Waals surface area contributed by atoms with Crippen LogP contribution in [0.25, 0.3) is 0 Å². The number of benzene rings is 3. The third kappa shape index (κ3) is 4.59. The van der Waals surface area contributed by atoms with Gasteiger partial charge in [-0.3, -0.25) is 9.59 Å². The molecule has 5 nitrogen and oxygen atoms in total. The average molecular weight is 470 g/mol. The van der Waals surface area contributed by atoms with E-state index >= 15 is 0 Å². The van der Waals surface area contributed by atoms with E-state index in [0.29, 0.717) is 51.4 Å². The first kappa shape index (κ1) is 22.2. The molecule has 0 fully saturated rings. The SMILES string of the molecule is CCOC(=O)Cc1ccc(N2Cc3c(Cl)ccc(OCc4ccccc4)c3C2=O)c(Cl)c1. The van der Waals surface area contributed by atoms with E-state index in [-0.39, 0.29) is 24.8 Å². The van der Waals surface area contributed by atoms with Gasteiger partial charge in [-0.1, -0.05) is 59.6 Å². The smallest absolute Gasteiger partial charge is 0.310 e. The first-order chi connectivity index (χ1) is 15.5. The molecule has 0 bridgehead atoms. The maximum Gasteiger partial charge on any atom is 0.310 e. The van der Waals surface area contributed by atoms with Crippen molar-refractivity contribution in [2.75, 3.05) is 11.5 Å². The number of anilines is 1. The van der Waals surface area contributed by atoms with Crippen LogP contribution in [0.3, 0.4) is 0 Å². The number of halogens is 2. The Hall–Kier alpha value is -3.02. The van der Waals surface area contributed by atoms with Crippen molar-refractivity contribution in [3.8, 4) is 5.75 Å². The zero-order valence-corrected chi connectivity index (χ0v) is 18.9. The van der Waals surface area contributed by atoms with E-state index in [0.717, 1.165) is 5.56 Å². The van der Waals surface area contributed by atoms with Gasteiger partial charge >= 0.3 is 5.97 Å². The standard InChI is InChI=1S/C25H21Cl2NO4/c1-2-31-23(29)13-17-8-10-21(20(27)12-17)28-14-18-19(26)9-11-22(24(18)25(28)30)32-15-16-6-4-3-5-7-16/h3-12H,2,13-15H2,1H3. The maximum absolute atomic E-state index is 13.3. The first-order valence-corrected chi connectivity index (χ1v) is 11.0. The molecule has 0 spiro atoms. The number of amides is 1. The Bertz CT molecular complexity index is 1160. The second kappa shape index (κ2) is 9.63. The van der Waals surface area contributed by atoms with Gasteiger partial charge in [0.1, 0.15) is 12.4 Å². The second-order valence-electron chi connectivity index (χ2n) is 7.33. The molecule has 0 saturated heterocycles. The number of carbonyl (C=O) groups is 2. The lowest BCUT2D eigenvalue weighted by Crippen LogP contribution is -2.23. The van der Waals surface area contributed by atoms with Crippen molar-refractivity contribution < 1.29 is 19.1 Å². The minimum atomic E-state index is -0.326. The highest BCUT2D eigenvalue weighted by Gasteiger charge is 2.34. The Morgan fingerprint density at radius 3 is 2.50 bits per heavy atom. The number of esters is 1. The number of carbonyl (C=O) groups excluding carboxylic acids is 2. The summed E-state index contributed by atoms with van der Waals surface area (Å²) in [5.41, 5.74) is 3.41. The van der Waals surface area contributed by atoms with E-state index in [9.17, 15) is 9.59 Å². The zero-order valence-electron chi connectivity index (χ0n) is 17.4. The summed E-state index contributed by atoms with van der Waals surface area (Å²) in [5.74, 6) is -0.0747. The van der Waals surface area contributed by atoms with Crippen LogP contribution < -0.4 is 9.64 Å². The van der Waals surface area contributed by atoms with Crippen LogP contribution >= 0.6 is 23.2 Å². The van der Waals surface area contributed by atoms with Crippen molar-refractivity contribution in [1.82, 2.24) is 0 Å². The van der Waals surface area contributed by atoms with Crippen LogP contribution in [0, 0.1) is 0 Å². The summed E-state index contributed by atoms with van der Waals surface area (Å²) in [5, 5.41) is 0.869. The highest BCUT2D eigenvalue weighted by molar-refractivity contribution is 6.35. The monoisotopic (exact) mass is 469 g/mol. The summed E-state index contributed by atoms with van der Waals surface area (Å²) in [7, 11) is 0. The number of rotatable bonds is 7. The predicted octanol–water partition coefficient (Wildman–Crippen LogP) is 5.84. The van der Waals surface area contributed by atoms with Crippen molar-refractivity contribution in [3.63, 3.8) is 0 Å². The molecule has 3 aromatic rings. The minimum Gasteiger partial charge on any atom is -0.488 e. The number of hydrogen-bond donors (Lipinski definition) is 0. The first-order valence-electron chi connectivity index (χ1n) is 10.2. The molecule has 1 aliphatic heterocycles. The molecule has 0 aromatic heterocycles. The van der Waals surface area contributed by atoms with Gasteiger partial charge in [-0.2, -0.15) is 0 Å². The quantitative estimate of drug-likeness (QED) is 0.408. The molecular formula is C25H21Cl2NO4. The summed E-state index contributed by atoms with van der Waals surface area (Å²) >= 11 is 12.9. The van der Waals surface area contributed by atoms with E-state index < -0.39 is 0 Å². The minimum absolute atomic E-state index is 0.116. The van der Waals surface area contributed by atoms with Gasteiger partial charge in [-0.25, -0.2) is 0 Å². The summed E-state index contributed by atoms with van der Waals surface area (Å²) in [4.78, 5) is 26.7. The molecule has 1 aliphatic rings. The van der Waals surface area contributed by atoms with Gasteiger partial charge in [-0.15, -0.1) is 0 Å². The van der Waals surface area contributed by atoms with Gasteiger partial charge in [0.2, 0.25) is 0 Å². The van der Waals surface area contributed by atoms with Crippen LogP contribution in [-0.2, 0) is 29.1 Å². The van der Waals surface area contributed by atoms with Crippen LogP contribution in [0.4, 0.5) is 5.69 Å². The molecule has 0 radical (unpaired) electrons. The molecule has 32 heavy (non-hydrogen) atoms. The lowest BCUT2D eigenvalue weighted by atomic mass is 10.1. The largest absolute Gasteiger partial charge is 0.488 e. The maximum atomic E-state index is 13.3. The van der Waals surface area contributed by atoms with Gasteiger partial charge in [0.15, 0.2) is 0 Å². The average Bonchev–Trinajstić information content (AvgIpc) is 3.12. The van der Waals surface area contributed by atoms with E-state index in [1.165, 1.54) is 0 Å². The Morgan fingerprint density at radius 2 is 1.78 bits per heavy atom. The second-order valence-corrected chi connectivity index (χ2v) is 8.15. The molecule has 0 N–H and O–H groups in total. The van der Waals surface area contributed by atoms with Gasteiger partial charge in [-0.05, 0) is 42.3 Å². The van der Waals surface area contributed by atoms with Crippen molar-refractivity contribution in [2.45, 2.75) is 26.5 Å². The highest BCUT2D eigenvalue weighted by Crippen LogP contribution is 2.40. The molecule has 7 heteroatoms. The van der Waals surface area contributed by atoms with E-state index in [2.05, 4.69) is 0 Å². The third-order valence-electron chi connectivity index (χ3n) is 5.19. The third-order valence-corrected chi connectivity index (χ3v) is 5.84. The van der Waals surface area contributed by atoms with E-state index in [4.69, 9.17) is 32.7 Å². The van der Waals surface area contributed by atoms with Crippen LogP contribution in [0.5, 0.6) is 5.75 Å². The van der Waals surface area contributed by atoms with E-state index in [1.807, 2.05) is 30.3 Å². The molecule has 0 aliphatic carbocycles. The van der Waals surface area contributed by atoms with Crippen LogP contribution in [0.15, 0.2) is 60.7 Å². The summed E-state index contributed by atoms with van der Waals surface area (Å²) in [6, 6.07) is 18.4. The topological polar surface area (TPSA) is 55.8 Å². The fourth-order valence-electron chi connectivity index (χ4n) is 3.66. The summed E-state index contributed by atoms with van der Waals surface area (Å²) < 4.78 is 11.0. The molecule has 3 aromatic carbocycles. The lowest BCUT2D eigenvalue weighted by Gasteiger charge is -2.18. The molecule has 164 valence electrons. The van der Waals surface area contributed by atoms with Gasteiger partial charge in [0.25, 0.3) is 5.91 Å². The fraction of sp³-hybridized carbons (Fsp3) is 0.200. The lowest BCUT2D eigenvalue weighted by molar-refractivity contribution is -0.142. The highest BCUT2D eigenvalue weighted by atomic mass is 35.5. The van der Waals surface area contributed by atoms with Gasteiger partial charge in [0.05, 0.1) is 35.8 Å². The molecule has 4 rings (SSSR count). The Balaban J connectivity index is 1.58. The zero-order chi connectivity index (χ0) is 22.7.